The number of rotatable bonds is 21. The summed E-state index contributed by atoms with van der Waals surface area (Å²) in [5, 5.41) is 26.1. The number of ether oxygens (including phenoxy) is 2. The molecule has 1 aliphatic rings. The van der Waals surface area contributed by atoms with Crippen molar-refractivity contribution in [3.05, 3.63) is 35.9 Å². The number of carbonyl (C=O) groups is 4. The molecule has 0 aliphatic carbocycles. The van der Waals surface area contributed by atoms with Crippen molar-refractivity contribution >= 4 is 23.6 Å². The molecule has 4 N–H and O–H groups in total. The van der Waals surface area contributed by atoms with Crippen LogP contribution in [0.2, 0.25) is 0 Å². The molecule has 1 aromatic carbocycles. The third kappa shape index (κ3) is 13.0. The van der Waals surface area contributed by atoms with Gasteiger partial charge in [-0.15, -0.1) is 0 Å². The highest BCUT2D eigenvalue weighted by molar-refractivity contribution is 5.90. The number of amides is 4. The molecule has 1 fully saturated rings. The number of methoxy groups -OCH3 is 2. The maximum atomic E-state index is 14.4. The Hall–Kier alpha value is -3.10. The van der Waals surface area contributed by atoms with Gasteiger partial charge in [0.2, 0.25) is 23.6 Å². The number of nitrogens with one attached hydrogen (secondary N) is 2. The normalized spacial score (nSPS) is 19.4. The average molecular weight is 790 g/mol. The zero-order valence-electron chi connectivity index (χ0n) is 36.7. The molecule has 1 aliphatic heterocycles. The number of hydrogen-bond acceptors (Lipinski definition) is 9. The molecule has 1 saturated heterocycles. The van der Waals surface area contributed by atoms with E-state index in [-0.39, 0.29) is 53.9 Å². The lowest BCUT2D eigenvalue weighted by molar-refractivity contribution is -0.148. The van der Waals surface area contributed by atoms with Gasteiger partial charge >= 0.3 is 0 Å². The van der Waals surface area contributed by atoms with Gasteiger partial charge in [-0.25, -0.2) is 0 Å². The summed E-state index contributed by atoms with van der Waals surface area (Å²) in [6.45, 7) is 20.3. The van der Waals surface area contributed by atoms with E-state index in [1.807, 2.05) is 83.8 Å². The molecule has 0 radical (unpaired) electrons. The zero-order valence-corrected chi connectivity index (χ0v) is 36.7. The minimum Gasteiger partial charge on any atom is -0.379 e. The molecule has 2 rings (SSSR count). The predicted octanol–water partition coefficient (Wildman–Crippen LogP) is 3.84. The Morgan fingerprint density at radius 3 is 2.00 bits per heavy atom. The lowest BCUT2D eigenvalue weighted by Gasteiger charge is -2.42. The van der Waals surface area contributed by atoms with Gasteiger partial charge in [0.05, 0.1) is 48.7 Å². The summed E-state index contributed by atoms with van der Waals surface area (Å²) in [7, 11) is 6.73. The summed E-state index contributed by atoms with van der Waals surface area (Å²) in [4.78, 5) is 61.5. The van der Waals surface area contributed by atoms with Gasteiger partial charge in [0, 0.05) is 33.4 Å². The van der Waals surface area contributed by atoms with Gasteiger partial charge in [0.15, 0.2) is 6.29 Å². The summed E-state index contributed by atoms with van der Waals surface area (Å²) in [6, 6.07) is 6.22. The Morgan fingerprint density at radius 2 is 1.52 bits per heavy atom. The van der Waals surface area contributed by atoms with E-state index in [4.69, 9.17) is 9.47 Å². The van der Waals surface area contributed by atoms with Gasteiger partial charge in [0.1, 0.15) is 6.04 Å². The molecule has 0 aromatic heterocycles. The van der Waals surface area contributed by atoms with Gasteiger partial charge in [-0.3, -0.25) is 24.1 Å². The van der Waals surface area contributed by atoms with Gasteiger partial charge in [-0.05, 0) is 70.4 Å². The van der Waals surface area contributed by atoms with E-state index in [0.717, 1.165) is 18.4 Å². The van der Waals surface area contributed by atoms with E-state index in [0.29, 0.717) is 13.0 Å². The van der Waals surface area contributed by atoms with Crippen LogP contribution in [-0.2, 0) is 35.1 Å². The predicted molar refractivity (Wildman–Crippen MR) is 219 cm³/mol. The van der Waals surface area contributed by atoms with Gasteiger partial charge in [-0.1, -0.05) is 85.2 Å². The number of likely N-dealkylation sites (tertiary alicyclic amines) is 1. The molecule has 56 heavy (non-hydrogen) atoms. The summed E-state index contributed by atoms with van der Waals surface area (Å²) < 4.78 is 11.9. The quantitative estimate of drug-likeness (QED) is 0.136. The minimum absolute atomic E-state index is 0.00298. The maximum absolute atomic E-state index is 14.4. The number of likely N-dealkylation sites (N-methyl/N-ethyl adjacent to an activating group) is 2. The van der Waals surface area contributed by atoms with Crippen LogP contribution in [0.3, 0.4) is 0 Å². The molecular weight excluding hydrogens is 714 g/mol. The van der Waals surface area contributed by atoms with Crippen LogP contribution >= 0.6 is 0 Å². The number of aliphatic hydroxyl groups excluding tert-OH is 1. The third-order valence-electron chi connectivity index (χ3n) is 11.9. The van der Waals surface area contributed by atoms with Gasteiger partial charge in [-0.2, -0.15) is 0 Å². The highest BCUT2D eigenvalue weighted by atomic mass is 16.5. The van der Waals surface area contributed by atoms with Crippen LogP contribution in [0.4, 0.5) is 0 Å². The molecule has 4 amide bonds. The number of carbonyl (C=O) groups excluding carboxylic acids is 4. The Morgan fingerprint density at radius 1 is 0.911 bits per heavy atom. The van der Waals surface area contributed by atoms with Crippen LogP contribution in [0.25, 0.3) is 0 Å². The van der Waals surface area contributed by atoms with Crippen molar-refractivity contribution in [2.45, 2.75) is 156 Å². The van der Waals surface area contributed by atoms with Crippen molar-refractivity contribution in [2.75, 3.05) is 34.9 Å². The molecule has 13 nitrogen and oxygen atoms in total. The first kappa shape index (κ1) is 49.0. The van der Waals surface area contributed by atoms with Crippen LogP contribution in [0.15, 0.2) is 30.3 Å². The number of aliphatic hydroxyl groups is 2. The van der Waals surface area contributed by atoms with Crippen molar-refractivity contribution in [3.63, 3.8) is 0 Å². The molecule has 1 heterocycles. The highest BCUT2D eigenvalue weighted by Gasteiger charge is 2.44. The van der Waals surface area contributed by atoms with Crippen LogP contribution < -0.4 is 10.6 Å². The largest absolute Gasteiger partial charge is 0.379 e. The second-order valence-electron chi connectivity index (χ2n) is 17.5. The topological polar surface area (TPSA) is 161 Å². The Bertz CT molecular complexity index is 1390. The van der Waals surface area contributed by atoms with Crippen LogP contribution in [-0.4, -0.2) is 138 Å². The second-order valence-corrected chi connectivity index (χ2v) is 17.5. The van der Waals surface area contributed by atoms with Crippen molar-refractivity contribution < 1.29 is 38.9 Å². The number of hydrogen-bond donors (Lipinski definition) is 4. The average Bonchev–Trinajstić information content (AvgIpc) is 3.62. The van der Waals surface area contributed by atoms with E-state index < -0.39 is 60.5 Å². The SMILES string of the molecule is CCC(C)C(C(CC(=O)N1CCCC1C(OC)C(C)C(=O)NC(Cc1ccccc1)C(O)O)OC)N(C)C(=O)C(NC(=O)C(C(C)C)N(C)C(C)(C)C)C(C)C. The number of benzene rings is 1. The summed E-state index contributed by atoms with van der Waals surface area (Å²) >= 11 is 0. The molecule has 9 unspecified atom stereocenters. The van der Waals surface area contributed by atoms with Crippen molar-refractivity contribution in [1.29, 1.82) is 0 Å². The van der Waals surface area contributed by atoms with E-state index in [9.17, 15) is 29.4 Å². The molecular formula is C43H75N5O8. The maximum Gasteiger partial charge on any atom is 0.245 e. The smallest absolute Gasteiger partial charge is 0.245 e. The van der Waals surface area contributed by atoms with Gasteiger partial charge < -0.3 is 40.1 Å². The van der Waals surface area contributed by atoms with Crippen LogP contribution in [0, 0.1) is 23.7 Å². The molecule has 9 atom stereocenters. The first-order chi connectivity index (χ1) is 26.1. The summed E-state index contributed by atoms with van der Waals surface area (Å²) in [5.41, 5.74) is 0.579. The van der Waals surface area contributed by atoms with Crippen molar-refractivity contribution in [1.82, 2.24) is 25.3 Å². The fourth-order valence-electron chi connectivity index (χ4n) is 8.03. The molecule has 320 valence electrons. The standard InChI is InChI=1S/C43H75N5O8/c1-15-28(6)37(46(11)41(52)35(26(2)3)45-40(51)36(27(4)5)47(12)43(8,9)10)33(55-13)25-34(49)48-23-19-22-32(48)38(56-14)29(7)39(50)44-31(42(53)54)24-30-20-17-16-18-21-30/h16-18,20-21,26-29,31-33,35-38,42,53-54H,15,19,22-25H2,1-14H3,(H,44,50)(H,45,51). The van der Waals surface area contributed by atoms with E-state index in [1.165, 1.54) is 7.11 Å². The fourth-order valence-corrected chi connectivity index (χ4v) is 8.03. The third-order valence-corrected chi connectivity index (χ3v) is 11.9. The monoisotopic (exact) mass is 790 g/mol. The second kappa shape index (κ2) is 22.2. The lowest BCUT2D eigenvalue weighted by atomic mass is 9.89. The summed E-state index contributed by atoms with van der Waals surface area (Å²) in [6.07, 6.45) is -0.793. The van der Waals surface area contributed by atoms with Gasteiger partial charge in [0.25, 0.3) is 0 Å². The fraction of sp³-hybridized carbons (Fsp3) is 0.767. The van der Waals surface area contributed by atoms with Crippen LogP contribution in [0.5, 0.6) is 0 Å². The van der Waals surface area contributed by atoms with Crippen LogP contribution in [0.1, 0.15) is 100 Å². The van der Waals surface area contributed by atoms with E-state index in [2.05, 4.69) is 31.4 Å². The van der Waals surface area contributed by atoms with E-state index >= 15 is 0 Å². The molecule has 0 spiro atoms. The summed E-state index contributed by atoms with van der Waals surface area (Å²) in [5.74, 6) is -1.98. The Kier molecular flexibility index (Phi) is 19.4. The number of nitrogens with zero attached hydrogens (tertiary/aromatic N) is 3. The van der Waals surface area contributed by atoms with Crippen molar-refractivity contribution in [3.8, 4) is 0 Å². The molecule has 13 heteroatoms. The first-order valence-electron chi connectivity index (χ1n) is 20.5. The molecule has 0 bridgehead atoms. The first-order valence-corrected chi connectivity index (χ1v) is 20.5. The molecule has 0 saturated carbocycles. The van der Waals surface area contributed by atoms with Crippen molar-refractivity contribution in [2.24, 2.45) is 23.7 Å². The highest BCUT2D eigenvalue weighted by Crippen LogP contribution is 2.30. The Labute approximate surface area is 337 Å². The van der Waals surface area contributed by atoms with E-state index in [1.54, 1.807) is 30.9 Å². The lowest BCUT2D eigenvalue weighted by Crippen LogP contribution is -2.61. The zero-order chi connectivity index (χ0) is 42.7. The Balaban J connectivity index is 2.30. The molecule has 1 aromatic rings. The minimum atomic E-state index is -1.77.